The Balaban J connectivity index is 2.15. The van der Waals surface area contributed by atoms with Crippen LogP contribution in [0.15, 0.2) is 34.9 Å². The molecule has 4 heteroatoms. The van der Waals surface area contributed by atoms with Gasteiger partial charge in [0.2, 0.25) is 5.89 Å². The van der Waals surface area contributed by atoms with Crippen molar-refractivity contribution in [3.8, 4) is 0 Å². The van der Waals surface area contributed by atoms with Gasteiger partial charge in [-0.2, -0.15) is 4.98 Å². The summed E-state index contributed by atoms with van der Waals surface area (Å²) in [6, 6.07) is 10.3. The number of aromatic nitrogens is 2. The topological polar surface area (TPSA) is 51.0 Å². The molecule has 0 spiro atoms. The lowest BCUT2D eigenvalue weighted by molar-refractivity contribution is 0.357. The van der Waals surface area contributed by atoms with Crippen molar-refractivity contribution in [1.82, 2.24) is 15.5 Å². The number of nitrogens with one attached hydrogen (secondary N) is 1. The van der Waals surface area contributed by atoms with E-state index in [1.54, 1.807) is 0 Å². The van der Waals surface area contributed by atoms with Crippen LogP contribution in [0.4, 0.5) is 0 Å². The molecule has 0 aliphatic heterocycles. The second-order valence-electron chi connectivity index (χ2n) is 4.20. The molecule has 96 valence electrons. The van der Waals surface area contributed by atoms with E-state index in [0.29, 0.717) is 12.4 Å². The van der Waals surface area contributed by atoms with Gasteiger partial charge in [0.15, 0.2) is 5.82 Å². The van der Waals surface area contributed by atoms with Gasteiger partial charge in [-0.1, -0.05) is 49.3 Å². The van der Waals surface area contributed by atoms with Crippen LogP contribution in [-0.4, -0.2) is 16.7 Å². The standard InChI is InChI=1S/C14H19N3O/c1-3-12(11-8-6-5-7-9-11)14-16-13(17-18-14)10-15-4-2/h5-9,12,15H,3-4,10H2,1-2H3. The van der Waals surface area contributed by atoms with Crippen LogP contribution in [-0.2, 0) is 6.54 Å². The van der Waals surface area contributed by atoms with E-state index in [1.807, 2.05) is 18.2 Å². The van der Waals surface area contributed by atoms with Gasteiger partial charge in [0.05, 0.1) is 12.5 Å². The van der Waals surface area contributed by atoms with E-state index in [0.717, 1.165) is 18.8 Å². The van der Waals surface area contributed by atoms with Crippen LogP contribution in [0.2, 0.25) is 0 Å². The molecule has 2 rings (SSSR count). The molecular formula is C14H19N3O. The second kappa shape index (κ2) is 6.31. The van der Waals surface area contributed by atoms with Crippen LogP contribution in [0.5, 0.6) is 0 Å². The molecule has 1 atom stereocenters. The van der Waals surface area contributed by atoms with Gasteiger partial charge < -0.3 is 9.84 Å². The minimum absolute atomic E-state index is 0.189. The van der Waals surface area contributed by atoms with Crippen molar-refractivity contribution in [2.45, 2.75) is 32.7 Å². The smallest absolute Gasteiger partial charge is 0.234 e. The fourth-order valence-electron chi connectivity index (χ4n) is 1.96. The molecule has 0 fully saturated rings. The lowest BCUT2D eigenvalue weighted by Crippen LogP contribution is -2.13. The van der Waals surface area contributed by atoms with Crippen molar-refractivity contribution in [3.05, 3.63) is 47.6 Å². The van der Waals surface area contributed by atoms with Crippen molar-refractivity contribution in [3.63, 3.8) is 0 Å². The highest BCUT2D eigenvalue weighted by atomic mass is 16.5. The summed E-state index contributed by atoms with van der Waals surface area (Å²) in [5, 5.41) is 7.19. The highest BCUT2D eigenvalue weighted by Crippen LogP contribution is 2.26. The average Bonchev–Trinajstić information content (AvgIpc) is 2.87. The number of hydrogen-bond acceptors (Lipinski definition) is 4. The molecule has 0 amide bonds. The third-order valence-electron chi connectivity index (χ3n) is 2.93. The van der Waals surface area contributed by atoms with Gasteiger partial charge >= 0.3 is 0 Å². The Morgan fingerprint density at radius 2 is 2.00 bits per heavy atom. The van der Waals surface area contributed by atoms with Gasteiger partial charge in [0.1, 0.15) is 0 Å². The minimum atomic E-state index is 0.189. The van der Waals surface area contributed by atoms with Gasteiger partial charge in [0, 0.05) is 0 Å². The molecule has 2 aromatic rings. The average molecular weight is 245 g/mol. The SMILES string of the molecule is CCNCc1noc(C(CC)c2ccccc2)n1. The lowest BCUT2D eigenvalue weighted by atomic mass is 9.96. The first-order valence-corrected chi connectivity index (χ1v) is 6.43. The predicted octanol–water partition coefficient (Wildman–Crippen LogP) is 2.72. The molecule has 0 radical (unpaired) electrons. The summed E-state index contributed by atoms with van der Waals surface area (Å²) in [6.07, 6.45) is 0.951. The van der Waals surface area contributed by atoms with Gasteiger partial charge in [-0.3, -0.25) is 0 Å². The summed E-state index contributed by atoms with van der Waals surface area (Å²) in [5.74, 6) is 1.62. The van der Waals surface area contributed by atoms with Crippen LogP contribution in [0, 0.1) is 0 Å². The van der Waals surface area contributed by atoms with Crippen molar-refractivity contribution in [1.29, 1.82) is 0 Å². The van der Waals surface area contributed by atoms with Gasteiger partial charge in [-0.25, -0.2) is 0 Å². The lowest BCUT2D eigenvalue weighted by Gasteiger charge is -2.09. The molecule has 1 heterocycles. The highest BCUT2D eigenvalue weighted by molar-refractivity contribution is 5.24. The van der Waals surface area contributed by atoms with Crippen molar-refractivity contribution in [2.75, 3.05) is 6.54 Å². The molecule has 1 N–H and O–H groups in total. The van der Waals surface area contributed by atoms with Crippen LogP contribution < -0.4 is 5.32 Å². The van der Waals surface area contributed by atoms with E-state index in [1.165, 1.54) is 5.56 Å². The van der Waals surface area contributed by atoms with E-state index < -0.39 is 0 Å². The van der Waals surface area contributed by atoms with Gasteiger partial charge in [-0.15, -0.1) is 0 Å². The molecule has 0 saturated carbocycles. The van der Waals surface area contributed by atoms with Crippen molar-refractivity contribution in [2.24, 2.45) is 0 Å². The minimum Gasteiger partial charge on any atom is -0.339 e. The van der Waals surface area contributed by atoms with Gasteiger partial charge in [-0.05, 0) is 18.5 Å². The fourth-order valence-corrected chi connectivity index (χ4v) is 1.96. The first kappa shape index (κ1) is 12.8. The molecule has 0 aliphatic carbocycles. The zero-order valence-electron chi connectivity index (χ0n) is 10.9. The first-order chi connectivity index (χ1) is 8.85. The van der Waals surface area contributed by atoms with Crippen molar-refractivity contribution < 1.29 is 4.52 Å². The van der Waals surface area contributed by atoms with E-state index in [2.05, 4.69) is 41.4 Å². The Kier molecular flexibility index (Phi) is 4.47. The molecule has 0 saturated heterocycles. The Hall–Kier alpha value is -1.68. The third kappa shape index (κ3) is 2.96. The molecule has 0 bridgehead atoms. The molecule has 1 aromatic heterocycles. The summed E-state index contributed by atoms with van der Waals surface area (Å²) in [7, 11) is 0. The first-order valence-electron chi connectivity index (χ1n) is 6.43. The summed E-state index contributed by atoms with van der Waals surface area (Å²) in [4.78, 5) is 4.46. The van der Waals surface area contributed by atoms with E-state index in [9.17, 15) is 0 Å². The normalized spacial score (nSPS) is 12.6. The van der Waals surface area contributed by atoms with Crippen LogP contribution in [0.25, 0.3) is 0 Å². The third-order valence-corrected chi connectivity index (χ3v) is 2.93. The van der Waals surface area contributed by atoms with E-state index >= 15 is 0 Å². The van der Waals surface area contributed by atoms with Crippen LogP contribution >= 0.6 is 0 Å². The molecule has 0 aliphatic rings. The zero-order chi connectivity index (χ0) is 12.8. The molecule has 1 aromatic carbocycles. The summed E-state index contributed by atoms with van der Waals surface area (Å²) >= 11 is 0. The van der Waals surface area contributed by atoms with E-state index in [-0.39, 0.29) is 5.92 Å². The summed E-state index contributed by atoms with van der Waals surface area (Å²) < 4.78 is 5.37. The number of rotatable bonds is 6. The number of nitrogens with zero attached hydrogens (tertiary/aromatic N) is 2. The Morgan fingerprint density at radius 1 is 1.22 bits per heavy atom. The Labute approximate surface area is 107 Å². The number of benzene rings is 1. The zero-order valence-corrected chi connectivity index (χ0v) is 10.9. The molecule has 4 nitrogen and oxygen atoms in total. The maximum absolute atomic E-state index is 5.37. The summed E-state index contributed by atoms with van der Waals surface area (Å²) in [6.45, 7) is 5.75. The van der Waals surface area contributed by atoms with E-state index in [4.69, 9.17) is 4.52 Å². The highest BCUT2D eigenvalue weighted by Gasteiger charge is 2.18. The predicted molar refractivity (Wildman–Crippen MR) is 70.3 cm³/mol. The fraction of sp³-hybridized carbons (Fsp3) is 0.429. The summed E-state index contributed by atoms with van der Waals surface area (Å²) in [5.41, 5.74) is 1.22. The molecule has 18 heavy (non-hydrogen) atoms. The van der Waals surface area contributed by atoms with Crippen LogP contribution in [0.1, 0.15) is 43.5 Å². The maximum Gasteiger partial charge on any atom is 0.234 e. The van der Waals surface area contributed by atoms with Crippen molar-refractivity contribution >= 4 is 0 Å². The Morgan fingerprint density at radius 3 is 2.67 bits per heavy atom. The maximum atomic E-state index is 5.37. The second-order valence-corrected chi connectivity index (χ2v) is 4.20. The van der Waals surface area contributed by atoms with Gasteiger partial charge in [0.25, 0.3) is 0 Å². The molecular weight excluding hydrogens is 226 g/mol. The quantitative estimate of drug-likeness (QED) is 0.850. The van der Waals surface area contributed by atoms with Crippen LogP contribution in [0.3, 0.4) is 0 Å². The Bertz CT molecular complexity index is 467. The monoisotopic (exact) mass is 245 g/mol. The largest absolute Gasteiger partial charge is 0.339 e. The number of hydrogen-bond donors (Lipinski definition) is 1. The molecule has 1 unspecified atom stereocenters.